The molecule has 2 aliphatic rings. The lowest BCUT2D eigenvalue weighted by atomic mass is 9.88. The molecule has 1 fully saturated rings. The predicted octanol–water partition coefficient (Wildman–Crippen LogP) is 1.57. The quantitative estimate of drug-likeness (QED) is 0.857. The highest BCUT2D eigenvalue weighted by Crippen LogP contribution is 2.32. The van der Waals surface area contributed by atoms with E-state index < -0.39 is 0 Å². The van der Waals surface area contributed by atoms with E-state index in [2.05, 4.69) is 31.5 Å². The van der Waals surface area contributed by atoms with Gasteiger partial charge in [0.1, 0.15) is 6.61 Å². The van der Waals surface area contributed by atoms with Crippen LogP contribution in [0.5, 0.6) is 6.01 Å². The fraction of sp³-hybridized carbons (Fsp3) is 0.562. The maximum atomic E-state index is 5.83. The third-order valence-electron chi connectivity index (χ3n) is 4.87. The van der Waals surface area contributed by atoms with E-state index in [0.717, 1.165) is 13.0 Å². The summed E-state index contributed by atoms with van der Waals surface area (Å²) < 4.78 is 7.97. The molecule has 0 radical (unpaired) electrons. The number of ether oxygens (including phenoxy) is 1. The second kappa shape index (κ2) is 5.68. The van der Waals surface area contributed by atoms with E-state index in [0.29, 0.717) is 24.7 Å². The summed E-state index contributed by atoms with van der Waals surface area (Å²) in [5, 5.41) is 0. The van der Waals surface area contributed by atoms with E-state index in [1.54, 1.807) is 18.5 Å². The minimum Gasteiger partial charge on any atom is -0.462 e. The van der Waals surface area contributed by atoms with Crippen molar-refractivity contribution in [2.75, 3.05) is 6.61 Å². The van der Waals surface area contributed by atoms with Gasteiger partial charge in [-0.05, 0) is 18.9 Å². The molecule has 0 saturated heterocycles. The van der Waals surface area contributed by atoms with E-state index in [9.17, 15) is 0 Å². The largest absolute Gasteiger partial charge is 0.462 e. The summed E-state index contributed by atoms with van der Waals surface area (Å²) in [6.07, 6.45) is 10.3. The van der Waals surface area contributed by atoms with Gasteiger partial charge in [0, 0.05) is 44.1 Å². The van der Waals surface area contributed by atoms with Crippen LogP contribution in [-0.4, -0.2) is 43.1 Å². The summed E-state index contributed by atoms with van der Waals surface area (Å²) in [6.45, 7) is 1.57. The fourth-order valence-corrected chi connectivity index (χ4v) is 3.37. The van der Waals surface area contributed by atoms with Gasteiger partial charge < -0.3 is 9.30 Å². The molecule has 1 atom stereocenters. The van der Waals surface area contributed by atoms with Gasteiger partial charge in [-0.1, -0.05) is 6.42 Å². The molecule has 4 rings (SSSR count). The van der Waals surface area contributed by atoms with Crippen molar-refractivity contribution in [2.45, 2.75) is 44.3 Å². The standard InChI is InChI=1S/C16H21N5O/c1-20-11-19-14-9-21(12-4-2-5-12)13(8-15(14)20)10-22-16-17-6-3-7-18-16/h3,6-7,11-13H,2,4-5,8-10H2,1H3/t13-/m1/s1. The van der Waals surface area contributed by atoms with Crippen LogP contribution >= 0.6 is 0 Å². The second-order valence-electron chi connectivity index (χ2n) is 6.21. The van der Waals surface area contributed by atoms with Gasteiger partial charge in [-0.15, -0.1) is 0 Å². The number of aryl methyl sites for hydroxylation is 1. The molecule has 0 N–H and O–H groups in total. The van der Waals surface area contributed by atoms with Crippen molar-refractivity contribution in [1.29, 1.82) is 0 Å². The molecule has 0 spiro atoms. The van der Waals surface area contributed by atoms with Crippen molar-refractivity contribution >= 4 is 0 Å². The highest BCUT2D eigenvalue weighted by Gasteiger charge is 2.36. The minimum atomic E-state index is 0.372. The van der Waals surface area contributed by atoms with Crippen LogP contribution in [-0.2, 0) is 20.0 Å². The van der Waals surface area contributed by atoms with Gasteiger partial charge >= 0.3 is 6.01 Å². The number of aromatic nitrogens is 4. The van der Waals surface area contributed by atoms with Crippen LogP contribution in [0, 0.1) is 0 Å². The Morgan fingerprint density at radius 1 is 1.23 bits per heavy atom. The zero-order valence-electron chi connectivity index (χ0n) is 12.9. The zero-order chi connectivity index (χ0) is 14.9. The van der Waals surface area contributed by atoms with Crippen molar-refractivity contribution < 1.29 is 4.74 Å². The molecular formula is C16H21N5O. The number of hydrogen-bond acceptors (Lipinski definition) is 5. The van der Waals surface area contributed by atoms with Crippen molar-refractivity contribution in [3.8, 4) is 6.01 Å². The van der Waals surface area contributed by atoms with Crippen molar-refractivity contribution in [3.63, 3.8) is 0 Å². The maximum Gasteiger partial charge on any atom is 0.316 e. The van der Waals surface area contributed by atoms with Gasteiger partial charge in [-0.2, -0.15) is 0 Å². The Kier molecular flexibility index (Phi) is 3.54. The van der Waals surface area contributed by atoms with E-state index in [-0.39, 0.29) is 0 Å². The third kappa shape index (κ3) is 2.47. The molecule has 0 amide bonds. The first kappa shape index (κ1) is 13.7. The van der Waals surface area contributed by atoms with Crippen LogP contribution in [0.4, 0.5) is 0 Å². The summed E-state index contributed by atoms with van der Waals surface area (Å²) in [5.41, 5.74) is 2.56. The molecule has 6 nitrogen and oxygen atoms in total. The lowest BCUT2D eigenvalue weighted by molar-refractivity contribution is 0.0334. The molecule has 1 aliphatic carbocycles. The third-order valence-corrected chi connectivity index (χ3v) is 4.87. The monoisotopic (exact) mass is 299 g/mol. The summed E-state index contributed by atoms with van der Waals surface area (Å²) in [5.74, 6) is 0. The molecule has 1 saturated carbocycles. The van der Waals surface area contributed by atoms with Crippen LogP contribution in [0.3, 0.4) is 0 Å². The Hall–Kier alpha value is -1.95. The molecule has 22 heavy (non-hydrogen) atoms. The average molecular weight is 299 g/mol. The molecule has 2 aromatic rings. The highest BCUT2D eigenvalue weighted by atomic mass is 16.5. The molecular weight excluding hydrogens is 278 g/mol. The molecule has 0 aromatic carbocycles. The Balaban J connectivity index is 1.51. The SMILES string of the molecule is Cn1cnc2c1C[C@H](COc1ncccn1)N(C1CCC1)C2. The molecule has 1 aliphatic heterocycles. The fourth-order valence-electron chi connectivity index (χ4n) is 3.37. The van der Waals surface area contributed by atoms with Crippen molar-refractivity contribution in [2.24, 2.45) is 7.05 Å². The normalized spacial score (nSPS) is 22.1. The summed E-state index contributed by atoms with van der Waals surface area (Å²) in [7, 11) is 2.07. The Bertz CT molecular complexity index is 637. The van der Waals surface area contributed by atoms with E-state index in [1.807, 2.05) is 6.33 Å². The van der Waals surface area contributed by atoms with Gasteiger partial charge in [-0.3, -0.25) is 4.90 Å². The van der Waals surface area contributed by atoms with Crippen LogP contribution in [0.2, 0.25) is 0 Å². The van der Waals surface area contributed by atoms with Gasteiger partial charge in [0.25, 0.3) is 0 Å². The first-order valence-electron chi connectivity index (χ1n) is 7.96. The second-order valence-corrected chi connectivity index (χ2v) is 6.21. The molecule has 2 aromatic heterocycles. The maximum absolute atomic E-state index is 5.83. The molecule has 0 bridgehead atoms. The number of hydrogen-bond donors (Lipinski definition) is 0. The summed E-state index contributed by atoms with van der Waals surface area (Å²) >= 11 is 0. The number of rotatable bonds is 4. The Morgan fingerprint density at radius 3 is 2.77 bits per heavy atom. The van der Waals surface area contributed by atoms with E-state index >= 15 is 0 Å². The van der Waals surface area contributed by atoms with Gasteiger partial charge in [0.15, 0.2) is 0 Å². The molecule has 0 unspecified atom stereocenters. The van der Waals surface area contributed by atoms with Gasteiger partial charge in [-0.25, -0.2) is 15.0 Å². The molecule has 3 heterocycles. The number of fused-ring (bicyclic) bond motifs is 1. The first-order valence-corrected chi connectivity index (χ1v) is 7.96. The minimum absolute atomic E-state index is 0.372. The summed E-state index contributed by atoms with van der Waals surface area (Å²) in [6, 6.07) is 3.32. The van der Waals surface area contributed by atoms with E-state index in [1.165, 1.54) is 30.7 Å². The van der Waals surface area contributed by atoms with Crippen LogP contribution < -0.4 is 4.74 Å². The highest BCUT2D eigenvalue weighted by molar-refractivity contribution is 5.19. The Labute approximate surface area is 130 Å². The number of imidazole rings is 1. The topological polar surface area (TPSA) is 56.1 Å². The van der Waals surface area contributed by atoms with Crippen LogP contribution in [0.1, 0.15) is 30.7 Å². The smallest absolute Gasteiger partial charge is 0.316 e. The zero-order valence-corrected chi connectivity index (χ0v) is 12.9. The molecule has 6 heteroatoms. The van der Waals surface area contributed by atoms with Gasteiger partial charge in [0.05, 0.1) is 18.1 Å². The molecule has 116 valence electrons. The van der Waals surface area contributed by atoms with Gasteiger partial charge in [0.2, 0.25) is 0 Å². The predicted molar refractivity (Wildman–Crippen MR) is 81.4 cm³/mol. The number of nitrogens with zero attached hydrogens (tertiary/aromatic N) is 5. The lowest BCUT2D eigenvalue weighted by Crippen LogP contribution is -2.52. The Morgan fingerprint density at radius 2 is 2.05 bits per heavy atom. The van der Waals surface area contributed by atoms with Crippen LogP contribution in [0.25, 0.3) is 0 Å². The first-order chi connectivity index (χ1) is 10.8. The lowest BCUT2D eigenvalue weighted by Gasteiger charge is -2.44. The van der Waals surface area contributed by atoms with Crippen molar-refractivity contribution in [1.82, 2.24) is 24.4 Å². The average Bonchev–Trinajstić information content (AvgIpc) is 2.85. The van der Waals surface area contributed by atoms with E-state index in [4.69, 9.17) is 4.74 Å². The van der Waals surface area contributed by atoms with Crippen LogP contribution in [0.15, 0.2) is 24.8 Å². The summed E-state index contributed by atoms with van der Waals surface area (Å²) in [4.78, 5) is 15.4. The van der Waals surface area contributed by atoms with Crippen molar-refractivity contribution in [3.05, 3.63) is 36.2 Å².